The number of anilines is 2. The fraction of sp³-hybridized carbons (Fsp3) is 0.381. The van der Waals surface area contributed by atoms with Gasteiger partial charge in [0, 0.05) is 24.2 Å². The van der Waals surface area contributed by atoms with E-state index in [9.17, 15) is 4.79 Å². The first-order valence-electron chi connectivity index (χ1n) is 9.38. The molecule has 1 saturated heterocycles. The number of carbonyl (C=O) groups excluding carboxylic acids is 1. The number of hydrogen-bond donors (Lipinski definition) is 3. The van der Waals surface area contributed by atoms with Crippen molar-refractivity contribution in [2.24, 2.45) is 0 Å². The maximum Gasteiger partial charge on any atom is 0.193 e. The van der Waals surface area contributed by atoms with Gasteiger partial charge in [-0.3, -0.25) is 4.79 Å². The van der Waals surface area contributed by atoms with Crippen LogP contribution in [0.5, 0.6) is 5.75 Å². The summed E-state index contributed by atoms with van der Waals surface area (Å²) in [4.78, 5) is 12.5. The quantitative estimate of drug-likeness (QED) is 0.376. The molecule has 6 nitrogen and oxygen atoms in total. The third-order valence-corrected chi connectivity index (χ3v) is 4.66. The predicted octanol–water partition coefficient (Wildman–Crippen LogP) is 2.62. The van der Waals surface area contributed by atoms with Crippen LogP contribution >= 0.6 is 0 Å². The third kappa shape index (κ3) is 5.45. The van der Waals surface area contributed by atoms with Crippen molar-refractivity contribution in [1.82, 2.24) is 5.32 Å². The Morgan fingerprint density at radius 1 is 1.07 bits per heavy atom. The van der Waals surface area contributed by atoms with Crippen molar-refractivity contribution >= 4 is 17.2 Å². The van der Waals surface area contributed by atoms with E-state index in [1.54, 1.807) is 30.3 Å². The number of morpholine rings is 1. The van der Waals surface area contributed by atoms with Crippen LogP contribution in [0, 0.1) is 0 Å². The molecule has 144 valence electrons. The van der Waals surface area contributed by atoms with Crippen LogP contribution in [0.4, 0.5) is 11.4 Å². The van der Waals surface area contributed by atoms with Gasteiger partial charge in [0.25, 0.3) is 0 Å². The molecule has 2 aromatic rings. The molecule has 5 N–H and O–H groups in total. The van der Waals surface area contributed by atoms with Crippen LogP contribution in [0.1, 0.15) is 35.2 Å². The summed E-state index contributed by atoms with van der Waals surface area (Å²) in [6.07, 6.45) is 3.42. The molecule has 1 atom stereocenters. The molecule has 0 aromatic heterocycles. The number of nitrogens with two attached hydrogens (primary N) is 2. The highest BCUT2D eigenvalue weighted by Gasteiger charge is 2.13. The minimum atomic E-state index is -0.0886. The van der Waals surface area contributed by atoms with Crippen LogP contribution in [0.2, 0.25) is 0 Å². The Labute approximate surface area is 159 Å². The summed E-state index contributed by atoms with van der Waals surface area (Å²) in [6.45, 7) is 3.34. The van der Waals surface area contributed by atoms with Crippen LogP contribution in [-0.4, -0.2) is 38.2 Å². The SMILES string of the molecule is Nc1ccc(C(=O)c2ccc(OCCCCC3CNCCO3)cc2)cc1N. The zero-order valence-corrected chi connectivity index (χ0v) is 15.4. The highest BCUT2D eigenvalue weighted by atomic mass is 16.5. The normalized spacial score (nSPS) is 16.8. The Kier molecular flexibility index (Phi) is 6.68. The summed E-state index contributed by atoms with van der Waals surface area (Å²) in [5.41, 5.74) is 13.5. The number of carbonyl (C=O) groups is 1. The van der Waals surface area contributed by atoms with Gasteiger partial charge in [0.15, 0.2) is 5.78 Å². The molecule has 1 aliphatic rings. The molecule has 1 aliphatic heterocycles. The fourth-order valence-electron chi connectivity index (χ4n) is 3.05. The van der Waals surface area contributed by atoms with Crippen molar-refractivity contribution in [1.29, 1.82) is 0 Å². The summed E-state index contributed by atoms with van der Waals surface area (Å²) >= 11 is 0. The molecule has 1 fully saturated rings. The molecule has 0 bridgehead atoms. The minimum absolute atomic E-state index is 0.0886. The van der Waals surface area contributed by atoms with E-state index in [0.717, 1.165) is 44.7 Å². The van der Waals surface area contributed by atoms with E-state index in [0.29, 0.717) is 35.2 Å². The van der Waals surface area contributed by atoms with E-state index >= 15 is 0 Å². The highest BCUT2D eigenvalue weighted by molar-refractivity contribution is 6.09. The standard InChI is InChI=1S/C21H27N3O3/c22-19-9-6-16(13-20(19)23)21(25)15-4-7-17(8-5-15)26-11-2-1-3-18-14-24-10-12-27-18/h4-9,13,18,24H,1-3,10-12,14,22-23H2. The van der Waals surface area contributed by atoms with Crippen LogP contribution in [0.3, 0.4) is 0 Å². The van der Waals surface area contributed by atoms with Crippen LogP contribution in [0.15, 0.2) is 42.5 Å². The molecule has 0 saturated carbocycles. The molecule has 3 rings (SSSR count). The van der Waals surface area contributed by atoms with E-state index in [1.165, 1.54) is 0 Å². The van der Waals surface area contributed by atoms with Crippen molar-refractivity contribution < 1.29 is 14.3 Å². The minimum Gasteiger partial charge on any atom is -0.494 e. The van der Waals surface area contributed by atoms with Gasteiger partial charge in [-0.15, -0.1) is 0 Å². The number of benzene rings is 2. The third-order valence-electron chi connectivity index (χ3n) is 4.66. The van der Waals surface area contributed by atoms with Crippen molar-refractivity contribution in [3.8, 4) is 5.75 Å². The van der Waals surface area contributed by atoms with Crippen LogP contribution in [0.25, 0.3) is 0 Å². The number of ketones is 1. The van der Waals surface area contributed by atoms with Gasteiger partial charge < -0.3 is 26.3 Å². The fourth-order valence-corrected chi connectivity index (χ4v) is 3.05. The summed E-state index contributed by atoms with van der Waals surface area (Å²) in [5.74, 6) is 0.674. The number of ether oxygens (including phenoxy) is 2. The van der Waals surface area contributed by atoms with E-state index in [4.69, 9.17) is 20.9 Å². The van der Waals surface area contributed by atoms with E-state index in [1.807, 2.05) is 12.1 Å². The van der Waals surface area contributed by atoms with Crippen molar-refractivity contribution in [3.05, 3.63) is 53.6 Å². The zero-order chi connectivity index (χ0) is 19.1. The lowest BCUT2D eigenvalue weighted by Crippen LogP contribution is -2.38. The summed E-state index contributed by atoms with van der Waals surface area (Å²) < 4.78 is 11.4. The Morgan fingerprint density at radius 2 is 1.85 bits per heavy atom. The number of nitrogen functional groups attached to an aromatic ring is 2. The largest absolute Gasteiger partial charge is 0.494 e. The molecule has 1 unspecified atom stereocenters. The molecule has 2 aromatic carbocycles. The average molecular weight is 369 g/mol. The Balaban J connectivity index is 1.44. The number of nitrogens with one attached hydrogen (secondary N) is 1. The summed E-state index contributed by atoms with van der Waals surface area (Å²) in [5, 5.41) is 3.34. The van der Waals surface area contributed by atoms with Gasteiger partial charge in [0.1, 0.15) is 5.75 Å². The summed E-state index contributed by atoms with van der Waals surface area (Å²) in [6, 6.07) is 12.1. The van der Waals surface area contributed by atoms with Crippen molar-refractivity contribution in [2.45, 2.75) is 25.4 Å². The van der Waals surface area contributed by atoms with Gasteiger partial charge in [-0.2, -0.15) is 0 Å². The first-order chi connectivity index (χ1) is 13.1. The Hall–Kier alpha value is -2.57. The first-order valence-corrected chi connectivity index (χ1v) is 9.38. The predicted molar refractivity (Wildman–Crippen MR) is 107 cm³/mol. The van der Waals surface area contributed by atoms with Crippen molar-refractivity contribution in [3.63, 3.8) is 0 Å². The molecule has 0 radical (unpaired) electrons. The monoisotopic (exact) mass is 369 g/mol. The molecule has 0 amide bonds. The van der Waals surface area contributed by atoms with Crippen LogP contribution < -0.4 is 21.5 Å². The van der Waals surface area contributed by atoms with Gasteiger partial charge in [-0.1, -0.05) is 0 Å². The second kappa shape index (κ2) is 9.39. The maximum atomic E-state index is 12.5. The topological polar surface area (TPSA) is 99.6 Å². The van der Waals surface area contributed by atoms with Gasteiger partial charge >= 0.3 is 0 Å². The van der Waals surface area contributed by atoms with E-state index < -0.39 is 0 Å². The molecular formula is C21H27N3O3. The summed E-state index contributed by atoms with van der Waals surface area (Å²) in [7, 11) is 0. The van der Waals surface area contributed by atoms with Gasteiger partial charge in [0.05, 0.1) is 30.7 Å². The Morgan fingerprint density at radius 3 is 2.56 bits per heavy atom. The Bertz CT molecular complexity index is 756. The molecule has 27 heavy (non-hydrogen) atoms. The van der Waals surface area contributed by atoms with Crippen LogP contribution in [-0.2, 0) is 4.74 Å². The van der Waals surface area contributed by atoms with E-state index in [2.05, 4.69) is 5.32 Å². The molecule has 0 aliphatic carbocycles. The second-order valence-electron chi connectivity index (χ2n) is 6.74. The first kappa shape index (κ1) is 19.2. The molecule has 0 spiro atoms. The molecule has 1 heterocycles. The lowest BCUT2D eigenvalue weighted by molar-refractivity contribution is 0.0216. The van der Waals surface area contributed by atoms with Gasteiger partial charge in [0.2, 0.25) is 0 Å². The van der Waals surface area contributed by atoms with E-state index in [-0.39, 0.29) is 5.78 Å². The maximum absolute atomic E-state index is 12.5. The second-order valence-corrected chi connectivity index (χ2v) is 6.74. The molecule has 6 heteroatoms. The van der Waals surface area contributed by atoms with Gasteiger partial charge in [-0.25, -0.2) is 0 Å². The van der Waals surface area contributed by atoms with Crippen molar-refractivity contribution in [2.75, 3.05) is 37.8 Å². The highest BCUT2D eigenvalue weighted by Crippen LogP contribution is 2.20. The smallest absolute Gasteiger partial charge is 0.193 e. The average Bonchev–Trinajstić information content (AvgIpc) is 2.70. The zero-order valence-electron chi connectivity index (χ0n) is 15.4. The number of rotatable bonds is 8. The lowest BCUT2D eigenvalue weighted by Gasteiger charge is -2.23. The number of unbranched alkanes of at least 4 members (excludes halogenated alkanes) is 1. The lowest BCUT2D eigenvalue weighted by atomic mass is 10.0. The molecular weight excluding hydrogens is 342 g/mol. The number of hydrogen-bond acceptors (Lipinski definition) is 6. The van der Waals surface area contributed by atoms with Gasteiger partial charge in [-0.05, 0) is 61.7 Å².